The molecule has 30 heavy (non-hydrogen) atoms. The lowest BCUT2D eigenvalue weighted by atomic mass is 10.1. The number of nitrogens with zero attached hydrogens (tertiary/aromatic N) is 1. The zero-order valence-electron chi connectivity index (χ0n) is 17.0. The van der Waals surface area contributed by atoms with Crippen molar-refractivity contribution in [2.75, 3.05) is 20.2 Å². The molecule has 1 aliphatic rings. The van der Waals surface area contributed by atoms with Gasteiger partial charge < -0.3 is 10.1 Å². The predicted octanol–water partition coefficient (Wildman–Crippen LogP) is 3.95. The molecule has 0 atom stereocenters. The van der Waals surface area contributed by atoms with Gasteiger partial charge in [0.15, 0.2) is 0 Å². The Bertz CT molecular complexity index is 971. The van der Waals surface area contributed by atoms with E-state index in [-0.39, 0.29) is 11.8 Å². The minimum Gasteiger partial charge on any atom is -0.497 e. The summed E-state index contributed by atoms with van der Waals surface area (Å²) in [5, 5.41) is 2.87. The highest BCUT2D eigenvalue weighted by atomic mass is 32.2. The number of carbonyl (C=O) groups is 2. The number of thioether (sulfide) groups is 1. The second-order valence-corrected chi connectivity index (χ2v) is 8.62. The number of aryl methyl sites for hydroxylation is 2. The summed E-state index contributed by atoms with van der Waals surface area (Å²) in [7, 11) is 1.60. The van der Waals surface area contributed by atoms with Gasteiger partial charge in [0, 0.05) is 19.5 Å². The smallest absolute Gasteiger partial charge is 0.266 e. The number of carbonyl (C=O) groups excluding carboxylic acids is 2. The van der Waals surface area contributed by atoms with Crippen LogP contribution in [0.5, 0.6) is 5.75 Å². The SMILES string of the molecule is COc1cccc(/C=C2/SC(=S)N(CCNC(=O)CCc3ccc(C)cc3)C2=O)c1. The molecule has 7 heteroatoms. The van der Waals surface area contributed by atoms with Crippen molar-refractivity contribution < 1.29 is 14.3 Å². The van der Waals surface area contributed by atoms with Gasteiger partial charge in [-0.05, 0) is 42.7 Å². The van der Waals surface area contributed by atoms with Crippen molar-refractivity contribution in [2.24, 2.45) is 0 Å². The van der Waals surface area contributed by atoms with E-state index in [0.29, 0.717) is 35.2 Å². The van der Waals surface area contributed by atoms with Crippen molar-refractivity contribution in [1.29, 1.82) is 0 Å². The molecule has 156 valence electrons. The fourth-order valence-corrected chi connectivity index (χ4v) is 4.29. The van der Waals surface area contributed by atoms with Crippen LogP contribution in [0.3, 0.4) is 0 Å². The third-order valence-corrected chi connectivity index (χ3v) is 6.06. The first-order valence-corrected chi connectivity index (χ1v) is 10.9. The van der Waals surface area contributed by atoms with E-state index in [4.69, 9.17) is 17.0 Å². The summed E-state index contributed by atoms with van der Waals surface area (Å²) >= 11 is 6.63. The Morgan fingerprint density at radius 3 is 2.73 bits per heavy atom. The molecule has 0 aliphatic carbocycles. The van der Waals surface area contributed by atoms with Crippen LogP contribution in [0.15, 0.2) is 53.4 Å². The summed E-state index contributed by atoms with van der Waals surface area (Å²) in [5.74, 6) is 0.558. The number of thiocarbonyl (C=S) groups is 1. The van der Waals surface area contributed by atoms with Crippen molar-refractivity contribution in [1.82, 2.24) is 10.2 Å². The number of amides is 2. The minimum absolute atomic E-state index is 0.0343. The first-order valence-electron chi connectivity index (χ1n) is 9.68. The Kier molecular flexibility index (Phi) is 7.65. The Hall–Kier alpha value is -2.64. The number of benzene rings is 2. The number of hydrogen-bond donors (Lipinski definition) is 1. The standard InChI is InChI=1S/C23H24N2O3S2/c1-16-6-8-17(9-7-16)10-11-21(26)24-12-13-25-22(27)20(30-23(25)29)15-18-4-3-5-19(14-18)28-2/h3-9,14-15H,10-13H2,1-2H3,(H,24,26)/b20-15+. The molecular weight excluding hydrogens is 416 g/mol. The molecule has 1 aliphatic heterocycles. The van der Waals surface area contributed by atoms with Gasteiger partial charge >= 0.3 is 0 Å². The average molecular weight is 441 g/mol. The highest BCUT2D eigenvalue weighted by Gasteiger charge is 2.31. The lowest BCUT2D eigenvalue weighted by Gasteiger charge is -2.14. The Labute approximate surface area is 186 Å². The lowest BCUT2D eigenvalue weighted by Crippen LogP contribution is -2.37. The molecular formula is C23H24N2O3S2. The second kappa shape index (κ2) is 10.4. The molecule has 0 bridgehead atoms. The summed E-state index contributed by atoms with van der Waals surface area (Å²) in [5.41, 5.74) is 3.21. The molecule has 0 aromatic heterocycles. The highest BCUT2D eigenvalue weighted by Crippen LogP contribution is 2.32. The summed E-state index contributed by atoms with van der Waals surface area (Å²) < 4.78 is 5.72. The van der Waals surface area contributed by atoms with Gasteiger partial charge in [-0.25, -0.2) is 0 Å². The lowest BCUT2D eigenvalue weighted by molar-refractivity contribution is -0.123. The normalized spacial score (nSPS) is 15.0. The van der Waals surface area contributed by atoms with Crippen LogP contribution in [0.1, 0.15) is 23.1 Å². The van der Waals surface area contributed by atoms with Crippen LogP contribution in [-0.4, -0.2) is 41.2 Å². The minimum atomic E-state index is -0.137. The van der Waals surface area contributed by atoms with Crippen LogP contribution in [0, 0.1) is 6.92 Å². The molecule has 1 heterocycles. The van der Waals surface area contributed by atoms with E-state index < -0.39 is 0 Å². The molecule has 0 unspecified atom stereocenters. The van der Waals surface area contributed by atoms with Gasteiger partial charge in [-0.1, -0.05) is 65.9 Å². The van der Waals surface area contributed by atoms with Crippen LogP contribution < -0.4 is 10.1 Å². The van der Waals surface area contributed by atoms with E-state index in [1.165, 1.54) is 22.2 Å². The molecule has 0 spiro atoms. The largest absolute Gasteiger partial charge is 0.497 e. The molecule has 0 radical (unpaired) electrons. The first-order chi connectivity index (χ1) is 14.5. The zero-order valence-corrected chi connectivity index (χ0v) is 18.6. The Morgan fingerprint density at radius 1 is 1.23 bits per heavy atom. The second-order valence-electron chi connectivity index (χ2n) is 6.95. The third kappa shape index (κ3) is 5.93. The van der Waals surface area contributed by atoms with Crippen molar-refractivity contribution in [3.05, 3.63) is 70.1 Å². The van der Waals surface area contributed by atoms with E-state index in [0.717, 1.165) is 16.9 Å². The number of nitrogens with one attached hydrogen (secondary N) is 1. The third-order valence-electron chi connectivity index (χ3n) is 4.68. The van der Waals surface area contributed by atoms with Crippen molar-refractivity contribution >= 4 is 46.2 Å². The van der Waals surface area contributed by atoms with Gasteiger partial charge in [-0.15, -0.1) is 0 Å². The van der Waals surface area contributed by atoms with Gasteiger partial charge in [0.05, 0.1) is 12.0 Å². The maximum Gasteiger partial charge on any atom is 0.266 e. The van der Waals surface area contributed by atoms with E-state index >= 15 is 0 Å². The Balaban J connectivity index is 1.48. The van der Waals surface area contributed by atoms with Crippen LogP contribution in [0.4, 0.5) is 0 Å². The quantitative estimate of drug-likeness (QED) is 0.498. The topological polar surface area (TPSA) is 58.6 Å². The van der Waals surface area contributed by atoms with Gasteiger partial charge in [0.1, 0.15) is 10.1 Å². The molecule has 2 aromatic carbocycles. The molecule has 1 fully saturated rings. The maximum atomic E-state index is 12.7. The summed E-state index contributed by atoms with van der Waals surface area (Å²) in [6.45, 7) is 2.76. The van der Waals surface area contributed by atoms with Crippen molar-refractivity contribution in [3.63, 3.8) is 0 Å². The van der Waals surface area contributed by atoms with Crippen molar-refractivity contribution in [3.8, 4) is 5.75 Å². The van der Waals surface area contributed by atoms with E-state index in [9.17, 15) is 9.59 Å². The molecule has 2 amide bonds. The van der Waals surface area contributed by atoms with Gasteiger partial charge in [0.2, 0.25) is 5.91 Å². The number of methoxy groups -OCH3 is 1. The van der Waals surface area contributed by atoms with E-state index in [1.807, 2.05) is 61.5 Å². The van der Waals surface area contributed by atoms with Crippen molar-refractivity contribution in [2.45, 2.75) is 19.8 Å². The predicted molar refractivity (Wildman–Crippen MR) is 125 cm³/mol. The average Bonchev–Trinajstić information content (AvgIpc) is 3.00. The molecule has 1 saturated heterocycles. The maximum absolute atomic E-state index is 12.7. The van der Waals surface area contributed by atoms with Crippen LogP contribution in [0.25, 0.3) is 6.08 Å². The molecule has 5 nitrogen and oxygen atoms in total. The van der Waals surface area contributed by atoms with Gasteiger partial charge in [-0.2, -0.15) is 0 Å². The number of hydrogen-bond acceptors (Lipinski definition) is 5. The molecule has 3 rings (SSSR count). The van der Waals surface area contributed by atoms with Crippen LogP contribution >= 0.6 is 24.0 Å². The van der Waals surface area contributed by atoms with Crippen LogP contribution in [-0.2, 0) is 16.0 Å². The summed E-state index contributed by atoms with van der Waals surface area (Å²) in [6, 6.07) is 15.7. The zero-order chi connectivity index (χ0) is 21.5. The fourth-order valence-electron chi connectivity index (χ4n) is 2.98. The van der Waals surface area contributed by atoms with Gasteiger partial charge in [0.25, 0.3) is 5.91 Å². The Morgan fingerprint density at radius 2 is 2.00 bits per heavy atom. The van der Waals surface area contributed by atoms with Crippen LogP contribution in [0.2, 0.25) is 0 Å². The highest BCUT2D eigenvalue weighted by molar-refractivity contribution is 8.26. The number of ether oxygens (including phenoxy) is 1. The molecule has 2 aromatic rings. The molecule has 1 N–H and O–H groups in total. The summed E-state index contributed by atoms with van der Waals surface area (Å²) in [6.07, 6.45) is 2.91. The molecule has 0 saturated carbocycles. The monoisotopic (exact) mass is 440 g/mol. The number of rotatable bonds is 8. The van der Waals surface area contributed by atoms with E-state index in [2.05, 4.69) is 5.32 Å². The fraction of sp³-hybridized carbons (Fsp3) is 0.261. The van der Waals surface area contributed by atoms with E-state index in [1.54, 1.807) is 7.11 Å². The summed E-state index contributed by atoms with van der Waals surface area (Å²) in [4.78, 5) is 26.9. The first kappa shape index (κ1) is 22.1. The van der Waals surface area contributed by atoms with Gasteiger partial charge in [-0.3, -0.25) is 14.5 Å².